The molecular formula is C52H51N6O6RuS2-. The molecule has 0 fully saturated rings. The third-order valence-corrected chi connectivity index (χ3v) is 9.31. The van der Waals surface area contributed by atoms with Gasteiger partial charge in [0, 0.05) is 35.9 Å². The van der Waals surface area contributed by atoms with Gasteiger partial charge in [-0.1, -0.05) is 125 Å². The van der Waals surface area contributed by atoms with Crippen LogP contribution >= 0.6 is 24.4 Å². The van der Waals surface area contributed by atoms with Gasteiger partial charge in [0.15, 0.2) is 0 Å². The molecule has 6 rings (SSSR count). The summed E-state index contributed by atoms with van der Waals surface area (Å²) in [4.78, 5) is 38.4. The molecule has 0 unspecified atom stereocenters. The summed E-state index contributed by atoms with van der Waals surface area (Å²) in [6, 6.07) is 29.8. The van der Waals surface area contributed by atoms with E-state index in [4.69, 9.17) is 20.3 Å². The fraction of sp³-hybridized carbons (Fsp3) is 0.231. The van der Waals surface area contributed by atoms with Gasteiger partial charge >= 0.3 is 20.9 Å². The molecule has 0 N–H and O–H groups in total. The number of carboxylic acid groups (broad SMARTS) is 2. The Morgan fingerprint density at radius 1 is 0.522 bits per heavy atom. The van der Waals surface area contributed by atoms with Crippen molar-refractivity contribution in [2.45, 2.75) is 65.2 Å². The van der Waals surface area contributed by atoms with Crippen molar-refractivity contribution < 1.29 is 50.2 Å². The molecule has 0 radical (unpaired) electrons. The quantitative estimate of drug-likeness (QED) is 0.0304. The van der Waals surface area contributed by atoms with Crippen LogP contribution in [0.4, 0.5) is 0 Å². The van der Waals surface area contributed by atoms with Gasteiger partial charge in [0.05, 0.1) is 47.9 Å². The molecule has 2 aromatic carbocycles. The average molecular weight is 1020 g/mol. The van der Waals surface area contributed by atoms with Crippen molar-refractivity contribution in [2.24, 2.45) is 0 Å². The van der Waals surface area contributed by atoms with E-state index in [0.29, 0.717) is 0 Å². The minimum atomic E-state index is -1.34. The Balaban J connectivity index is 0.000000739. The van der Waals surface area contributed by atoms with E-state index in [2.05, 4.69) is 119 Å². The number of rotatable bonds is 20. The monoisotopic (exact) mass is 1020 g/mol. The predicted molar refractivity (Wildman–Crippen MR) is 267 cm³/mol. The van der Waals surface area contributed by atoms with Crippen molar-refractivity contribution in [2.75, 3.05) is 13.2 Å². The third-order valence-electron chi connectivity index (χ3n) is 9.31. The fourth-order valence-corrected chi connectivity index (χ4v) is 5.95. The second kappa shape index (κ2) is 33.7. The van der Waals surface area contributed by atoms with Crippen LogP contribution in [0, 0.1) is 0 Å². The zero-order chi connectivity index (χ0) is 47.8. The molecule has 0 atom stereocenters. The number of isothiocyanates is 2. The van der Waals surface area contributed by atoms with Gasteiger partial charge in [-0.3, -0.25) is 19.9 Å². The van der Waals surface area contributed by atoms with Crippen LogP contribution in [0.15, 0.2) is 122 Å². The van der Waals surface area contributed by atoms with Gasteiger partial charge in [0.25, 0.3) is 0 Å². The number of benzene rings is 2. The second-order valence-electron chi connectivity index (χ2n) is 14.2. The van der Waals surface area contributed by atoms with Gasteiger partial charge in [-0.05, 0) is 108 Å². The standard InChI is InChI=1S/C38H44N2O2.C12H8N2O4.2CNS.Ru/c1-3-5-7-9-27-41-35-19-15-31(16-20-35)11-13-33-23-25-39-37(29-33)38-30-34(24-26-40-38)14-12-32-17-21-36(22-18-32)42-28-10-8-6-4-2;15-11(16)7-1-3-13-9(5-7)10-6-8(12(17)18)2-4-14-10;2*2-1-3;/h11-26,29-30H,3-10,27-28H2,1-2H3;1-6H,(H,15,16)(H,17,18);;;/q;;2*-1;+2/p-1/b13-11+,14-12+;;;;. The van der Waals surface area contributed by atoms with Crippen LogP contribution in [0.25, 0.3) is 57.9 Å². The van der Waals surface area contributed by atoms with Gasteiger partial charge in [0.1, 0.15) is 11.5 Å². The zero-order valence-corrected chi connectivity index (χ0v) is 40.6. The number of carboxylic acids is 2. The van der Waals surface area contributed by atoms with Crippen molar-refractivity contribution in [3.8, 4) is 34.3 Å². The van der Waals surface area contributed by atoms with Crippen molar-refractivity contribution >= 4 is 71.0 Å². The zero-order valence-electron chi connectivity index (χ0n) is 38.2. The Hall–Kier alpha value is -6.72. The Kier molecular flexibility index (Phi) is 28.4. The maximum atomic E-state index is 10.7. The number of ether oxygens (including phenoxy) is 2. The Labute approximate surface area is 417 Å². The number of aromatic carboxylic acids is 2. The normalized spacial score (nSPS) is 10.1. The van der Waals surface area contributed by atoms with Crippen molar-refractivity contribution in [3.63, 3.8) is 0 Å². The van der Waals surface area contributed by atoms with Gasteiger partial charge in [-0.2, -0.15) is 10.3 Å². The number of unbranched alkanes of at least 4 members (excludes halogenated alkanes) is 6. The summed E-state index contributed by atoms with van der Waals surface area (Å²) in [5, 5.41) is 38.3. The van der Waals surface area contributed by atoms with Crippen molar-refractivity contribution in [1.82, 2.24) is 19.9 Å². The van der Waals surface area contributed by atoms with Gasteiger partial charge in [-0.15, -0.1) is 0 Å². The molecule has 0 saturated carbocycles. The molecule has 12 nitrogen and oxygen atoms in total. The van der Waals surface area contributed by atoms with Crippen LogP contribution in [0.3, 0.4) is 0 Å². The van der Waals surface area contributed by atoms with E-state index in [-0.39, 0.29) is 43.4 Å². The molecule has 15 heteroatoms. The maximum Gasteiger partial charge on any atom is 2.00 e. The van der Waals surface area contributed by atoms with E-state index in [1.807, 2.05) is 48.8 Å². The van der Waals surface area contributed by atoms with Crippen molar-refractivity contribution in [1.29, 1.82) is 0 Å². The van der Waals surface area contributed by atoms with E-state index in [9.17, 15) is 19.8 Å². The average Bonchev–Trinajstić information content (AvgIpc) is 3.34. The van der Waals surface area contributed by atoms with Crippen LogP contribution in [0.1, 0.15) is 110 Å². The summed E-state index contributed by atoms with van der Waals surface area (Å²) >= 11 is 7.40. The molecule has 6 aromatic rings. The molecule has 0 amide bonds. The molecule has 4 heterocycles. The van der Waals surface area contributed by atoms with Crippen LogP contribution in [-0.4, -0.2) is 55.4 Å². The third kappa shape index (κ3) is 22.4. The first-order chi connectivity index (χ1) is 32.1. The van der Waals surface area contributed by atoms with Crippen LogP contribution < -0.4 is 19.7 Å². The molecule has 0 spiro atoms. The first-order valence-electron chi connectivity index (χ1n) is 21.3. The summed E-state index contributed by atoms with van der Waals surface area (Å²) in [6.07, 6.45) is 24.4. The summed E-state index contributed by atoms with van der Waals surface area (Å²) in [5.41, 5.74) is 6.49. The molecule has 67 heavy (non-hydrogen) atoms. The Morgan fingerprint density at radius 2 is 0.836 bits per heavy atom. The van der Waals surface area contributed by atoms with Crippen molar-refractivity contribution in [3.05, 3.63) is 166 Å². The molecule has 0 bridgehead atoms. The Bertz CT molecular complexity index is 2380. The SMILES string of the molecule is CCCCCCOc1ccc(/C=C/c2ccnc(-c3cc(/C=C/c4ccc(OCCCCCC)cc4)ccn3)c2)cc1.O=C([O-])c1ccnc(-c2cc(C(=O)[O-])ccn2)c1.[H+].[N-]=C=S.[N-]=C=S.[Ru+2]. The number of nitrogens with zero attached hydrogens (tertiary/aromatic N) is 6. The smallest absolute Gasteiger partial charge is 0.753 e. The summed E-state index contributed by atoms with van der Waals surface area (Å²) in [7, 11) is 0. The van der Waals surface area contributed by atoms with Crippen LogP contribution in [0.2, 0.25) is 0 Å². The topological polar surface area (TPSA) is 195 Å². The molecule has 0 aliphatic heterocycles. The molecule has 4 aromatic heterocycles. The van der Waals surface area contributed by atoms with E-state index in [0.717, 1.165) is 71.2 Å². The largest absolute Gasteiger partial charge is 2.00 e. The molecule has 346 valence electrons. The van der Waals surface area contributed by atoms with Gasteiger partial charge < -0.3 is 40.1 Å². The number of hydrogen-bond acceptors (Lipinski definition) is 12. The predicted octanol–water partition coefficient (Wildman–Crippen LogP) is 10.7. The molecule has 0 aliphatic rings. The second-order valence-corrected chi connectivity index (χ2v) is 14.6. The van der Waals surface area contributed by atoms with Crippen LogP contribution in [-0.2, 0) is 19.5 Å². The van der Waals surface area contributed by atoms with E-state index >= 15 is 0 Å². The number of thiocarbonyl (C=S) groups is 2. The summed E-state index contributed by atoms with van der Waals surface area (Å²) in [6.45, 7) is 6.01. The van der Waals surface area contributed by atoms with Crippen LogP contribution in [0.5, 0.6) is 11.5 Å². The first kappa shape index (κ1) is 56.4. The Morgan fingerprint density at radius 3 is 1.16 bits per heavy atom. The van der Waals surface area contributed by atoms with E-state index in [1.54, 1.807) is 0 Å². The molecule has 0 aliphatic carbocycles. The molecular weight excluding hydrogens is 970 g/mol. The number of carbonyl (C=O) groups excluding carboxylic acids is 2. The number of hydrogen-bond donors (Lipinski definition) is 0. The summed E-state index contributed by atoms with van der Waals surface area (Å²) < 4.78 is 11.7. The minimum absolute atomic E-state index is 0. The minimum Gasteiger partial charge on any atom is -0.753 e. The fourth-order valence-electron chi connectivity index (χ4n) is 5.95. The van der Waals surface area contributed by atoms with Gasteiger partial charge in [0.2, 0.25) is 0 Å². The van der Waals surface area contributed by atoms with Gasteiger partial charge in [-0.25, -0.2) is 0 Å². The van der Waals surface area contributed by atoms with E-state index in [1.165, 1.54) is 85.5 Å². The summed E-state index contributed by atoms with van der Waals surface area (Å²) in [5.74, 6) is -0.826. The molecule has 0 saturated heterocycles. The number of carbonyl (C=O) groups is 2. The van der Waals surface area contributed by atoms with E-state index < -0.39 is 11.9 Å². The maximum absolute atomic E-state index is 10.7. The first-order valence-corrected chi connectivity index (χ1v) is 22.1. The number of aromatic nitrogens is 4. The number of pyridine rings is 4.